The number of halogens is 1. The molecular formula is C20H17FN4O. The van der Waals surface area contributed by atoms with Gasteiger partial charge in [-0.3, -0.25) is 4.79 Å². The van der Waals surface area contributed by atoms with Gasteiger partial charge in [0.25, 0.3) is 5.91 Å². The summed E-state index contributed by atoms with van der Waals surface area (Å²) in [6.45, 7) is 2.69. The molecule has 1 amide bonds. The van der Waals surface area contributed by atoms with Crippen LogP contribution in [-0.4, -0.2) is 24.0 Å². The Morgan fingerprint density at radius 2 is 2.04 bits per heavy atom. The van der Waals surface area contributed by atoms with Crippen LogP contribution in [0.15, 0.2) is 48.5 Å². The first-order valence-electron chi connectivity index (χ1n) is 8.16. The van der Waals surface area contributed by atoms with Crippen molar-refractivity contribution in [3.8, 4) is 6.07 Å². The standard InChI is InChI=1S/C20H17FN4O/c1-13-5-6-18-15(9-13)10-16(12-22)19(25-18)23-7-8-24-20(26)14-3-2-4-17(21)11-14/h2-6,9-11H,7-8H2,1H3,(H,23,25)(H,24,26). The number of hydrogen-bond donors (Lipinski definition) is 2. The molecule has 0 fully saturated rings. The van der Waals surface area contributed by atoms with Gasteiger partial charge in [0.15, 0.2) is 0 Å². The van der Waals surface area contributed by atoms with Gasteiger partial charge < -0.3 is 10.6 Å². The summed E-state index contributed by atoms with van der Waals surface area (Å²) < 4.78 is 13.1. The molecule has 0 spiro atoms. The number of rotatable bonds is 5. The first-order valence-corrected chi connectivity index (χ1v) is 8.16. The zero-order valence-electron chi connectivity index (χ0n) is 14.2. The van der Waals surface area contributed by atoms with E-state index in [0.29, 0.717) is 24.5 Å². The number of nitriles is 1. The molecule has 1 heterocycles. The lowest BCUT2D eigenvalue weighted by molar-refractivity contribution is 0.0954. The van der Waals surface area contributed by atoms with Gasteiger partial charge in [0.2, 0.25) is 0 Å². The number of nitrogens with one attached hydrogen (secondary N) is 2. The van der Waals surface area contributed by atoms with Crippen LogP contribution in [0.2, 0.25) is 0 Å². The Balaban J connectivity index is 1.63. The van der Waals surface area contributed by atoms with Crippen LogP contribution in [-0.2, 0) is 0 Å². The highest BCUT2D eigenvalue weighted by atomic mass is 19.1. The number of aromatic nitrogens is 1. The molecule has 0 aliphatic carbocycles. The monoisotopic (exact) mass is 348 g/mol. The average Bonchev–Trinajstić information content (AvgIpc) is 2.64. The number of nitrogens with zero attached hydrogens (tertiary/aromatic N) is 2. The third-order valence-electron chi connectivity index (χ3n) is 3.88. The molecule has 0 bridgehead atoms. The van der Waals surface area contributed by atoms with E-state index >= 15 is 0 Å². The topological polar surface area (TPSA) is 77.8 Å². The number of carbonyl (C=O) groups is 1. The fourth-order valence-electron chi connectivity index (χ4n) is 2.60. The highest BCUT2D eigenvalue weighted by Crippen LogP contribution is 2.20. The van der Waals surface area contributed by atoms with Gasteiger partial charge in [-0.1, -0.05) is 17.7 Å². The lowest BCUT2D eigenvalue weighted by atomic mass is 10.1. The third kappa shape index (κ3) is 3.95. The van der Waals surface area contributed by atoms with E-state index in [1.807, 2.05) is 25.1 Å². The second kappa shape index (κ2) is 7.62. The van der Waals surface area contributed by atoms with Crippen molar-refractivity contribution >= 4 is 22.6 Å². The van der Waals surface area contributed by atoms with E-state index in [4.69, 9.17) is 0 Å². The minimum atomic E-state index is -0.454. The van der Waals surface area contributed by atoms with Crippen LogP contribution in [0.4, 0.5) is 10.2 Å². The average molecular weight is 348 g/mol. The first-order chi connectivity index (χ1) is 12.6. The van der Waals surface area contributed by atoms with Crippen molar-refractivity contribution in [2.24, 2.45) is 0 Å². The number of carbonyl (C=O) groups excluding carboxylic acids is 1. The fourth-order valence-corrected chi connectivity index (χ4v) is 2.60. The molecule has 5 nitrogen and oxygen atoms in total. The third-order valence-corrected chi connectivity index (χ3v) is 3.88. The minimum absolute atomic E-state index is 0.266. The highest BCUT2D eigenvalue weighted by Gasteiger charge is 2.08. The van der Waals surface area contributed by atoms with Crippen molar-refractivity contribution in [3.63, 3.8) is 0 Å². The van der Waals surface area contributed by atoms with Gasteiger partial charge in [0.05, 0.1) is 11.1 Å². The van der Waals surface area contributed by atoms with Crippen molar-refractivity contribution in [2.75, 3.05) is 18.4 Å². The van der Waals surface area contributed by atoms with Gasteiger partial charge in [0.1, 0.15) is 17.7 Å². The number of fused-ring (bicyclic) bond motifs is 1. The van der Waals surface area contributed by atoms with Crippen LogP contribution in [0.1, 0.15) is 21.5 Å². The molecular weight excluding hydrogens is 331 g/mol. The van der Waals surface area contributed by atoms with Crippen LogP contribution in [0.25, 0.3) is 10.9 Å². The molecule has 0 saturated carbocycles. The predicted octanol–water partition coefficient (Wildman–Crippen LogP) is 3.40. The maximum atomic E-state index is 13.1. The minimum Gasteiger partial charge on any atom is -0.367 e. The molecule has 0 unspecified atom stereocenters. The lowest BCUT2D eigenvalue weighted by Crippen LogP contribution is -2.29. The van der Waals surface area contributed by atoms with E-state index in [-0.39, 0.29) is 11.5 Å². The summed E-state index contributed by atoms with van der Waals surface area (Å²) in [7, 11) is 0. The largest absolute Gasteiger partial charge is 0.367 e. The number of hydrogen-bond acceptors (Lipinski definition) is 4. The molecule has 2 N–H and O–H groups in total. The molecule has 0 aliphatic heterocycles. The molecule has 0 atom stereocenters. The summed E-state index contributed by atoms with van der Waals surface area (Å²) >= 11 is 0. The fraction of sp³-hybridized carbons (Fsp3) is 0.150. The Hall–Kier alpha value is -3.46. The molecule has 0 aliphatic rings. The van der Waals surface area contributed by atoms with Crippen molar-refractivity contribution in [1.82, 2.24) is 10.3 Å². The summed E-state index contributed by atoms with van der Waals surface area (Å²) in [5, 5.41) is 16.0. The summed E-state index contributed by atoms with van der Waals surface area (Å²) in [6.07, 6.45) is 0. The maximum Gasteiger partial charge on any atom is 0.251 e. The number of benzene rings is 2. The Morgan fingerprint density at radius 3 is 2.81 bits per heavy atom. The summed E-state index contributed by atoms with van der Waals surface area (Å²) in [5.74, 6) is -0.331. The molecule has 0 radical (unpaired) electrons. The van der Waals surface area contributed by atoms with E-state index in [1.165, 1.54) is 18.2 Å². The molecule has 3 aromatic rings. The van der Waals surface area contributed by atoms with Crippen LogP contribution < -0.4 is 10.6 Å². The first kappa shape index (κ1) is 17.4. The van der Waals surface area contributed by atoms with Crippen LogP contribution in [0, 0.1) is 24.1 Å². The van der Waals surface area contributed by atoms with Gasteiger partial charge in [-0.2, -0.15) is 5.26 Å². The highest BCUT2D eigenvalue weighted by molar-refractivity contribution is 5.94. The zero-order valence-corrected chi connectivity index (χ0v) is 14.2. The molecule has 3 rings (SSSR count). The molecule has 2 aromatic carbocycles. The summed E-state index contributed by atoms with van der Waals surface area (Å²) in [5.41, 5.74) is 2.60. The number of aryl methyl sites for hydroxylation is 1. The Kier molecular flexibility index (Phi) is 5.09. The normalized spacial score (nSPS) is 10.3. The van der Waals surface area contributed by atoms with E-state index in [1.54, 1.807) is 12.1 Å². The zero-order chi connectivity index (χ0) is 18.5. The van der Waals surface area contributed by atoms with Crippen LogP contribution in [0.3, 0.4) is 0 Å². The Morgan fingerprint density at radius 1 is 1.19 bits per heavy atom. The van der Waals surface area contributed by atoms with Gasteiger partial charge in [-0.25, -0.2) is 9.37 Å². The Labute approximate surface area is 150 Å². The second-order valence-corrected chi connectivity index (χ2v) is 5.89. The van der Waals surface area contributed by atoms with Crippen LogP contribution in [0.5, 0.6) is 0 Å². The summed E-state index contributed by atoms with van der Waals surface area (Å²) in [6, 6.07) is 15.3. The lowest BCUT2D eigenvalue weighted by Gasteiger charge is -2.10. The number of amides is 1. The predicted molar refractivity (Wildman–Crippen MR) is 98.4 cm³/mol. The van der Waals surface area contributed by atoms with Crippen molar-refractivity contribution in [2.45, 2.75) is 6.92 Å². The quantitative estimate of drug-likeness (QED) is 0.693. The van der Waals surface area contributed by atoms with Gasteiger partial charge in [0, 0.05) is 24.0 Å². The van der Waals surface area contributed by atoms with E-state index in [2.05, 4.69) is 21.7 Å². The van der Waals surface area contributed by atoms with E-state index < -0.39 is 5.82 Å². The van der Waals surface area contributed by atoms with E-state index in [9.17, 15) is 14.4 Å². The second-order valence-electron chi connectivity index (χ2n) is 5.89. The van der Waals surface area contributed by atoms with Crippen molar-refractivity contribution in [3.05, 3.63) is 71.0 Å². The molecule has 130 valence electrons. The van der Waals surface area contributed by atoms with Gasteiger partial charge in [-0.05, 0) is 43.3 Å². The summed E-state index contributed by atoms with van der Waals surface area (Å²) in [4.78, 5) is 16.4. The molecule has 0 saturated heterocycles. The molecule has 26 heavy (non-hydrogen) atoms. The van der Waals surface area contributed by atoms with Gasteiger partial charge >= 0.3 is 0 Å². The van der Waals surface area contributed by atoms with Crippen LogP contribution >= 0.6 is 0 Å². The SMILES string of the molecule is Cc1ccc2nc(NCCNC(=O)c3cccc(F)c3)c(C#N)cc2c1. The number of pyridine rings is 1. The van der Waals surface area contributed by atoms with E-state index in [0.717, 1.165) is 16.5 Å². The van der Waals surface area contributed by atoms with Gasteiger partial charge in [-0.15, -0.1) is 0 Å². The Bertz CT molecular complexity index is 1010. The molecule has 6 heteroatoms. The maximum absolute atomic E-state index is 13.1. The smallest absolute Gasteiger partial charge is 0.251 e. The number of anilines is 1. The van der Waals surface area contributed by atoms with Crippen molar-refractivity contribution < 1.29 is 9.18 Å². The van der Waals surface area contributed by atoms with Crippen molar-refractivity contribution in [1.29, 1.82) is 5.26 Å². The molecule has 1 aromatic heterocycles.